The highest BCUT2D eigenvalue weighted by Crippen LogP contribution is 2.43. The first kappa shape index (κ1) is 16.1. The van der Waals surface area contributed by atoms with E-state index in [1.165, 1.54) is 19.2 Å². The van der Waals surface area contributed by atoms with Gasteiger partial charge in [0.1, 0.15) is 5.75 Å². The van der Waals surface area contributed by atoms with Crippen molar-refractivity contribution in [2.24, 2.45) is 11.8 Å². The van der Waals surface area contributed by atoms with E-state index in [4.69, 9.17) is 16.3 Å². The third-order valence-electron chi connectivity index (χ3n) is 3.95. The van der Waals surface area contributed by atoms with Crippen molar-refractivity contribution in [3.63, 3.8) is 0 Å². The summed E-state index contributed by atoms with van der Waals surface area (Å²) in [4.78, 5) is 12.6. The summed E-state index contributed by atoms with van der Waals surface area (Å²) in [7, 11) is 1.38. The third-order valence-corrected chi connectivity index (χ3v) is 4.19. The molecular formula is C15H16ClF3O2. The number of hydrogen-bond donors (Lipinski definition) is 0. The Hall–Kier alpha value is -1.23. The Morgan fingerprint density at radius 2 is 1.95 bits per heavy atom. The largest absolute Gasteiger partial charge is 0.496 e. The van der Waals surface area contributed by atoms with E-state index in [1.54, 1.807) is 6.07 Å². The third kappa shape index (κ3) is 3.51. The molecule has 116 valence electrons. The molecule has 0 N–H and O–H groups in total. The van der Waals surface area contributed by atoms with Gasteiger partial charge in [0, 0.05) is 10.9 Å². The van der Waals surface area contributed by atoms with Crippen LogP contribution < -0.4 is 4.74 Å². The fraction of sp³-hybridized carbons (Fsp3) is 0.533. The van der Waals surface area contributed by atoms with Gasteiger partial charge in [-0.15, -0.1) is 0 Å². The van der Waals surface area contributed by atoms with Gasteiger partial charge in [-0.25, -0.2) is 0 Å². The molecule has 1 fully saturated rings. The number of methoxy groups -OCH3 is 1. The van der Waals surface area contributed by atoms with Crippen LogP contribution in [0.15, 0.2) is 18.2 Å². The first-order valence-electron chi connectivity index (χ1n) is 6.79. The minimum absolute atomic E-state index is 0.00277. The highest BCUT2D eigenvalue weighted by atomic mass is 35.5. The summed E-state index contributed by atoms with van der Waals surface area (Å²) in [5, 5.41) is 0.304. The Morgan fingerprint density at radius 1 is 1.29 bits per heavy atom. The van der Waals surface area contributed by atoms with Crippen molar-refractivity contribution in [3.05, 3.63) is 28.8 Å². The maximum absolute atomic E-state index is 13.1. The van der Waals surface area contributed by atoms with E-state index >= 15 is 0 Å². The Morgan fingerprint density at radius 3 is 2.57 bits per heavy atom. The van der Waals surface area contributed by atoms with E-state index in [2.05, 4.69) is 0 Å². The predicted octanol–water partition coefficient (Wildman–Crippen LogP) is 4.90. The molecule has 2 atom stereocenters. The van der Waals surface area contributed by atoms with Gasteiger partial charge in [0.15, 0.2) is 5.78 Å². The Bertz CT molecular complexity index is 528. The van der Waals surface area contributed by atoms with E-state index in [0.29, 0.717) is 17.9 Å². The SMILES string of the molecule is COc1ccc(Cl)cc1C(=O)C1CCCCC1C(F)(F)F. The Balaban J connectivity index is 2.35. The molecule has 0 amide bonds. The second kappa shape index (κ2) is 6.26. The average molecular weight is 321 g/mol. The maximum atomic E-state index is 13.1. The normalized spacial score (nSPS) is 22.9. The van der Waals surface area contributed by atoms with Gasteiger partial charge >= 0.3 is 6.18 Å². The Kier molecular flexibility index (Phi) is 4.81. The molecule has 1 aromatic carbocycles. The van der Waals surface area contributed by atoms with Gasteiger partial charge in [-0.3, -0.25) is 4.79 Å². The lowest BCUT2D eigenvalue weighted by Gasteiger charge is -2.32. The molecule has 1 aromatic rings. The predicted molar refractivity (Wildman–Crippen MR) is 73.8 cm³/mol. The molecule has 1 aliphatic carbocycles. The zero-order valence-corrected chi connectivity index (χ0v) is 12.3. The molecular weight excluding hydrogens is 305 g/mol. The number of carbonyl (C=O) groups is 1. The van der Waals surface area contributed by atoms with E-state index in [1.807, 2.05) is 0 Å². The summed E-state index contributed by atoms with van der Waals surface area (Å²) in [6, 6.07) is 4.42. The standard InChI is InChI=1S/C15H16ClF3O2/c1-21-13-7-6-9(16)8-11(13)14(20)10-4-2-3-5-12(10)15(17,18)19/h6-8,10,12H,2-5H2,1H3. The number of halogens is 4. The zero-order valence-electron chi connectivity index (χ0n) is 11.5. The van der Waals surface area contributed by atoms with Crippen LogP contribution >= 0.6 is 11.6 Å². The minimum atomic E-state index is -4.35. The van der Waals surface area contributed by atoms with Gasteiger partial charge in [0.2, 0.25) is 0 Å². The summed E-state index contributed by atoms with van der Waals surface area (Å²) in [6.07, 6.45) is -2.97. The highest BCUT2D eigenvalue weighted by molar-refractivity contribution is 6.31. The molecule has 21 heavy (non-hydrogen) atoms. The molecule has 0 heterocycles. The topological polar surface area (TPSA) is 26.3 Å². The van der Waals surface area contributed by atoms with E-state index in [0.717, 1.165) is 0 Å². The molecule has 2 nitrogen and oxygen atoms in total. The van der Waals surface area contributed by atoms with Crippen LogP contribution in [0.2, 0.25) is 5.02 Å². The van der Waals surface area contributed by atoms with Crippen LogP contribution in [-0.4, -0.2) is 19.1 Å². The summed E-state index contributed by atoms with van der Waals surface area (Å²) in [5.41, 5.74) is 0.131. The quantitative estimate of drug-likeness (QED) is 0.740. The number of carbonyl (C=O) groups excluding carboxylic acids is 1. The molecule has 0 saturated heterocycles. The van der Waals surface area contributed by atoms with Gasteiger partial charge in [-0.05, 0) is 31.0 Å². The molecule has 0 spiro atoms. The van der Waals surface area contributed by atoms with Crippen molar-refractivity contribution in [1.29, 1.82) is 0 Å². The number of rotatable bonds is 3. The van der Waals surface area contributed by atoms with Crippen molar-refractivity contribution in [2.75, 3.05) is 7.11 Å². The van der Waals surface area contributed by atoms with Crippen LogP contribution in [0.4, 0.5) is 13.2 Å². The zero-order chi connectivity index (χ0) is 15.6. The second-order valence-corrected chi connectivity index (χ2v) is 5.68. The molecule has 0 bridgehead atoms. The van der Waals surface area contributed by atoms with Gasteiger partial charge in [0.25, 0.3) is 0 Å². The first-order chi connectivity index (χ1) is 9.84. The fourth-order valence-corrected chi connectivity index (χ4v) is 3.08. The molecule has 1 saturated carbocycles. The van der Waals surface area contributed by atoms with Crippen LogP contribution in [0.5, 0.6) is 5.75 Å². The van der Waals surface area contributed by atoms with Crippen molar-refractivity contribution in [3.8, 4) is 5.75 Å². The molecule has 0 aromatic heterocycles. The smallest absolute Gasteiger partial charge is 0.392 e. The number of hydrogen-bond acceptors (Lipinski definition) is 2. The van der Waals surface area contributed by atoms with Gasteiger partial charge < -0.3 is 4.74 Å². The van der Waals surface area contributed by atoms with Gasteiger partial charge in [-0.1, -0.05) is 24.4 Å². The second-order valence-electron chi connectivity index (χ2n) is 5.25. The molecule has 1 aliphatic rings. The van der Waals surface area contributed by atoms with Crippen LogP contribution in [0, 0.1) is 11.8 Å². The lowest BCUT2D eigenvalue weighted by molar-refractivity contribution is -0.190. The molecule has 0 radical (unpaired) electrons. The maximum Gasteiger partial charge on any atom is 0.392 e. The summed E-state index contributed by atoms with van der Waals surface area (Å²) in [5.74, 6) is -2.90. The van der Waals surface area contributed by atoms with Crippen molar-refractivity contribution < 1.29 is 22.7 Å². The fourth-order valence-electron chi connectivity index (χ4n) is 2.91. The van der Waals surface area contributed by atoms with Crippen LogP contribution in [0.25, 0.3) is 0 Å². The van der Waals surface area contributed by atoms with E-state index in [9.17, 15) is 18.0 Å². The number of ether oxygens (including phenoxy) is 1. The number of ketones is 1. The highest BCUT2D eigenvalue weighted by Gasteiger charge is 2.48. The molecule has 6 heteroatoms. The van der Waals surface area contributed by atoms with Crippen LogP contribution in [0.1, 0.15) is 36.0 Å². The molecule has 0 aliphatic heterocycles. The Labute approximate surface area is 126 Å². The minimum Gasteiger partial charge on any atom is -0.496 e. The molecule has 2 rings (SSSR count). The van der Waals surface area contributed by atoms with Crippen molar-refractivity contribution in [2.45, 2.75) is 31.9 Å². The van der Waals surface area contributed by atoms with Gasteiger partial charge in [0.05, 0.1) is 18.6 Å². The monoisotopic (exact) mass is 320 g/mol. The number of alkyl halides is 3. The summed E-state index contributed by atoms with van der Waals surface area (Å²) in [6.45, 7) is 0. The van der Waals surface area contributed by atoms with Crippen LogP contribution in [0.3, 0.4) is 0 Å². The summed E-state index contributed by atoms with van der Waals surface area (Å²) < 4.78 is 44.4. The van der Waals surface area contributed by atoms with Crippen molar-refractivity contribution >= 4 is 17.4 Å². The van der Waals surface area contributed by atoms with E-state index < -0.39 is 23.8 Å². The van der Waals surface area contributed by atoms with Crippen LogP contribution in [-0.2, 0) is 0 Å². The lowest BCUT2D eigenvalue weighted by Crippen LogP contribution is -2.37. The number of benzene rings is 1. The van der Waals surface area contributed by atoms with E-state index in [-0.39, 0.29) is 24.2 Å². The first-order valence-corrected chi connectivity index (χ1v) is 7.17. The average Bonchev–Trinajstić information content (AvgIpc) is 2.45. The number of Topliss-reactive ketones (excluding diaryl/α,β-unsaturated/α-hetero) is 1. The molecule has 2 unspecified atom stereocenters. The lowest BCUT2D eigenvalue weighted by atomic mass is 9.75. The summed E-state index contributed by atoms with van der Waals surface area (Å²) >= 11 is 5.85. The van der Waals surface area contributed by atoms with Crippen molar-refractivity contribution in [1.82, 2.24) is 0 Å². The van der Waals surface area contributed by atoms with Gasteiger partial charge in [-0.2, -0.15) is 13.2 Å².